The highest BCUT2D eigenvalue weighted by Gasteiger charge is 2.60. The third kappa shape index (κ3) is 2.86. The van der Waals surface area contributed by atoms with Crippen LogP contribution in [0.25, 0.3) is 0 Å². The lowest BCUT2D eigenvalue weighted by molar-refractivity contribution is -0.173. The molecule has 6 nitrogen and oxygen atoms in total. The van der Waals surface area contributed by atoms with Gasteiger partial charge < -0.3 is 14.5 Å². The van der Waals surface area contributed by atoms with E-state index in [1.165, 1.54) is 0 Å². The minimum atomic E-state index is -2.79. The van der Waals surface area contributed by atoms with E-state index in [0.717, 1.165) is 6.42 Å². The van der Waals surface area contributed by atoms with E-state index in [9.17, 15) is 13.6 Å². The molecule has 1 spiro atoms. The van der Waals surface area contributed by atoms with E-state index in [2.05, 4.69) is 9.97 Å². The van der Waals surface area contributed by atoms with Gasteiger partial charge in [-0.15, -0.1) is 0 Å². The third-order valence-electron chi connectivity index (χ3n) is 5.71. The molecule has 2 atom stereocenters. The monoisotopic (exact) mass is 352 g/mol. The van der Waals surface area contributed by atoms with Gasteiger partial charge in [0.25, 0.3) is 11.8 Å². The van der Waals surface area contributed by atoms with E-state index in [0.29, 0.717) is 31.8 Å². The Morgan fingerprint density at radius 2 is 2.12 bits per heavy atom. The first-order valence-corrected chi connectivity index (χ1v) is 8.80. The largest absolute Gasteiger partial charge is 0.368 e. The summed E-state index contributed by atoms with van der Waals surface area (Å²) in [7, 11) is 0. The molecule has 1 aromatic rings. The predicted octanol–water partition coefficient (Wildman–Crippen LogP) is 1.72. The van der Waals surface area contributed by atoms with Crippen LogP contribution in [-0.4, -0.2) is 65.6 Å². The number of ether oxygens (including phenoxy) is 1. The highest BCUT2D eigenvalue weighted by Crippen LogP contribution is 2.50. The molecule has 0 aliphatic carbocycles. The van der Waals surface area contributed by atoms with Crippen molar-refractivity contribution >= 4 is 11.7 Å². The lowest BCUT2D eigenvalue weighted by Crippen LogP contribution is -2.59. The van der Waals surface area contributed by atoms with Gasteiger partial charge in [-0.25, -0.2) is 13.8 Å². The summed E-state index contributed by atoms with van der Waals surface area (Å²) in [4.78, 5) is 24.3. The summed E-state index contributed by atoms with van der Waals surface area (Å²) in [5.74, 6) is -2.32. The molecule has 3 aliphatic rings. The summed E-state index contributed by atoms with van der Waals surface area (Å²) in [5, 5.41) is 0. The highest BCUT2D eigenvalue weighted by molar-refractivity contribution is 5.81. The molecule has 0 saturated carbocycles. The number of likely N-dealkylation sites (tertiary alicyclic amines) is 1. The molecule has 4 heterocycles. The van der Waals surface area contributed by atoms with Gasteiger partial charge >= 0.3 is 0 Å². The quantitative estimate of drug-likeness (QED) is 0.811. The summed E-state index contributed by atoms with van der Waals surface area (Å²) in [6.07, 6.45) is 5.84. The van der Waals surface area contributed by atoms with E-state index < -0.39 is 17.4 Å². The van der Waals surface area contributed by atoms with Gasteiger partial charge in [0, 0.05) is 51.6 Å². The van der Waals surface area contributed by atoms with Gasteiger partial charge in [-0.05, 0) is 19.3 Å². The summed E-state index contributed by atoms with van der Waals surface area (Å²) in [6, 6.07) is 0. The van der Waals surface area contributed by atoms with Crippen LogP contribution in [0.4, 0.5) is 14.6 Å². The molecule has 3 aliphatic heterocycles. The van der Waals surface area contributed by atoms with E-state index in [-0.39, 0.29) is 32.0 Å². The SMILES string of the molecule is O=C([C@@H]1CCCO1)N1CCC(F)(F)C2(CCN(c3cnccn3)C2)C1. The van der Waals surface area contributed by atoms with Crippen LogP contribution in [0, 0.1) is 5.41 Å². The Morgan fingerprint density at radius 1 is 1.24 bits per heavy atom. The zero-order chi connectivity index (χ0) is 17.5. The first-order chi connectivity index (χ1) is 12.0. The Morgan fingerprint density at radius 3 is 2.84 bits per heavy atom. The second-order valence-electron chi connectivity index (χ2n) is 7.23. The Labute approximate surface area is 145 Å². The zero-order valence-corrected chi connectivity index (χ0v) is 14.0. The Balaban J connectivity index is 1.53. The molecule has 1 aromatic heterocycles. The highest BCUT2D eigenvalue weighted by atomic mass is 19.3. The zero-order valence-electron chi connectivity index (χ0n) is 14.0. The number of halogens is 2. The molecular weight excluding hydrogens is 330 g/mol. The minimum absolute atomic E-state index is 0.0788. The molecule has 3 saturated heterocycles. The fraction of sp³-hybridized carbons (Fsp3) is 0.706. The van der Waals surface area contributed by atoms with Crippen LogP contribution >= 0.6 is 0 Å². The summed E-state index contributed by atoms with van der Waals surface area (Å²) < 4.78 is 35.1. The third-order valence-corrected chi connectivity index (χ3v) is 5.71. The molecular formula is C17H22F2N4O2. The Bertz CT molecular complexity index is 639. The Kier molecular flexibility index (Phi) is 4.10. The van der Waals surface area contributed by atoms with Gasteiger partial charge in [-0.2, -0.15) is 0 Å². The second-order valence-corrected chi connectivity index (χ2v) is 7.23. The maximum atomic E-state index is 14.8. The first-order valence-electron chi connectivity index (χ1n) is 8.80. The first kappa shape index (κ1) is 16.6. The molecule has 136 valence electrons. The maximum Gasteiger partial charge on any atom is 0.258 e. The smallest absolute Gasteiger partial charge is 0.258 e. The van der Waals surface area contributed by atoms with Gasteiger partial charge in [-0.3, -0.25) is 9.78 Å². The normalized spacial score (nSPS) is 31.7. The Hall–Kier alpha value is -1.83. The van der Waals surface area contributed by atoms with Crippen LogP contribution in [0.1, 0.15) is 25.7 Å². The van der Waals surface area contributed by atoms with Crippen molar-refractivity contribution in [2.24, 2.45) is 5.41 Å². The number of alkyl halides is 2. The number of anilines is 1. The fourth-order valence-corrected chi connectivity index (χ4v) is 4.21. The van der Waals surface area contributed by atoms with Crippen molar-refractivity contribution < 1.29 is 18.3 Å². The van der Waals surface area contributed by atoms with E-state index in [1.807, 2.05) is 4.90 Å². The van der Waals surface area contributed by atoms with E-state index in [1.54, 1.807) is 23.5 Å². The second kappa shape index (κ2) is 6.16. The molecule has 3 fully saturated rings. The molecule has 25 heavy (non-hydrogen) atoms. The standard InChI is InChI=1S/C17H22F2N4O2/c18-17(19)4-8-23(15(24)13-2-1-9-25-13)12-16(17)3-7-22(11-16)14-10-20-5-6-21-14/h5-6,10,13H,1-4,7-9,11-12H2/t13-,16?/m0/s1. The average molecular weight is 352 g/mol. The van der Waals surface area contributed by atoms with Crippen LogP contribution in [0.3, 0.4) is 0 Å². The van der Waals surface area contributed by atoms with Crippen molar-refractivity contribution in [1.82, 2.24) is 14.9 Å². The number of amides is 1. The van der Waals surface area contributed by atoms with Crippen LogP contribution in [0.5, 0.6) is 0 Å². The topological polar surface area (TPSA) is 58.6 Å². The molecule has 0 radical (unpaired) electrons. The summed E-state index contributed by atoms with van der Waals surface area (Å²) in [6.45, 7) is 1.43. The van der Waals surface area contributed by atoms with Crippen LogP contribution in [0.2, 0.25) is 0 Å². The van der Waals surface area contributed by atoms with Crippen molar-refractivity contribution in [3.8, 4) is 0 Å². The van der Waals surface area contributed by atoms with E-state index >= 15 is 0 Å². The summed E-state index contributed by atoms with van der Waals surface area (Å²) in [5.41, 5.74) is -1.23. The molecule has 0 N–H and O–H groups in total. The van der Waals surface area contributed by atoms with Crippen molar-refractivity contribution in [3.05, 3.63) is 18.6 Å². The number of carbonyl (C=O) groups excluding carboxylic acids is 1. The molecule has 8 heteroatoms. The van der Waals surface area contributed by atoms with E-state index in [4.69, 9.17) is 4.74 Å². The van der Waals surface area contributed by atoms with Crippen molar-refractivity contribution in [3.63, 3.8) is 0 Å². The van der Waals surface area contributed by atoms with Gasteiger partial charge in [-0.1, -0.05) is 0 Å². The number of aromatic nitrogens is 2. The molecule has 1 unspecified atom stereocenters. The van der Waals surface area contributed by atoms with Crippen LogP contribution < -0.4 is 4.90 Å². The van der Waals surface area contributed by atoms with Crippen LogP contribution in [0.15, 0.2) is 18.6 Å². The lowest BCUT2D eigenvalue weighted by atomic mass is 9.75. The lowest BCUT2D eigenvalue weighted by Gasteiger charge is -2.46. The van der Waals surface area contributed by atoms with Crippen molar-refractivity contribution in [1.29, 1.82) is 0 Å². The van der Waals surface area contributed by atoms with Gasteiger partial charge in [0.1, 0.15) is 11.9 Å². The fourth-order valence-electron chi connectivity index (χ4n) is 4.21. The van der Waals surface area contributed by atoms with Gasteiger partial charge in [0.05, 0.1) is 11.6 Å². The minimum Gasteiger partial charge on any atom is -0.368 e. The molecule has 0 aromatic carbocycles. The number of piperidine rings is 1. The summed E-state index contributed by atoms with van der Waals surface area (Å²) >= 11 is 0. The van der Waals surface area contributed by atoms with Crippen molar-refractivity contribution in [2.75, 3.05) is 37.7 Å². The van der Waals surface area contributed by atoms with Crippen LogP contribution in [-0.2, 0) is 9.53 Å². The molecule has 1 amide bonds. The maximum absolute atomic E-state index is 14.8. The van der Waals surface area contributed by atoms with Gasteiger partial charge in [0.2, 0.25) is 0 Å². The van der Waals surface area contributed by atoms with Gasteiger partial charge in [0.15, 0.2) is 0 Å². The predicted molar refractivity (Wildman–Crippen MR) is 86.4 cm³/mol. The number of nitrogens with zero attached hydrogens (tertiary/aromatic N) is 4. The number of hydrogen-bond acceptors (Lipinski definition) is 5. The number of carbonyl (C=O) groups is 1. The average Bonchev–Trinajstić information content (AvgIpc) is 3.29. The molecule has 4 rings (SSSR count). The molecule has 0 bridgehead atoms. The number of rotatable bonds is 2. The number of hydrogen-bond donors (Lipinski definition) is 0. The van der Waals surface area contributed by atoms with Crippen molar-refractivity contribution in [2.45, 2.75) is 37.7 Å².